The van der Waals surface area contributed by atoms with Crippen LogP contribution in [0, 0.1) is 12.3 Å². The summed E-state index contributed by atoms with van der Waals surface area (Å²) in [5.41, 5.74) is 5.81. The van der Waals surface area contributed by atoms with Gasteiger partial charge in [-0.3, -0.25) is 4.79 Å². The summed E-state index contributed by atoms with van der Waals surface area (Å²) in [5, 5.41) is 2.80. The molecule has 1 heterocycles. The monoisotopic (exact) mass is 235 g/mol. The van der Waals surface area contributed by atoms with E-state index in [-0.39, 0.29) is 5.91 Å². The maximum atomic E-state index is 12.2. The van der Waals surface area contributed by atoms with Gasteiger partial charge in [0, 0.05) is 11.7 Å². The minimum absolute atomic E-state index is 0.122. The Hall–Kier alpha value is -1.42. The highest BCUT2D eigenvalue weighted by molar-refractivity contribution is 5.95. The van der Waals surface area contributed by atoms with Gasteiger partial charge in [0.2, 0.25) is 5.91 Å². The van der Waals surface area contributed by atoms with Crippen molar-refractivity contribution >= 4 is 11.7 Å². The standard InChI is InChI=1S/C13H21N3O/c1-9-6-7-15-10(8-9)16-11(17)12(2,3)13(4,5)14/h6-8H,14H2,1-5H3,(H,15,16,17). The molecule has 0 atom stereocenters. The highest BCUT2D eigenvalue weighted by atomic mass is 16.2. The molecule has 0 unspecified atom stereocenters. The molecular weight excluding hydrogens is 214 g/mol. The van der Waals surface area contributed by atoms with Crippen molar-refractivity contribution < 1.29 is 4.79 Å². The van der Waals surface area contributed by atoms with E-state index >= 15 is 0 Å². The minimum atomic E-state index is -0.668. The van der Waals surface area contributed by atoms with Gasteiger partial charge in [-0.1, -0.05) is 0 Å². The van der Waals surface area contributed by atoms with E-state index in [4.69, 9.17) is 5.73 Å². The van der Waals surface area contributed by atoms with E-state index in [1.54, 1.807) is 6.20 Å². The van der Waals surface area contributed by atoms with Crippen LogP contribution in [0.3, 0.4) is 0 Å². The molecule has 1 aromatic rings. The van der Waals surface area contributed by atoms with Crippen molar-refractivity contribution in [3.8, 4) is 0 Å². The average Bonchev–Trinajstić information content (AvgIpc) is 2.15. The lowest BCUT2D eigenvalue weighted by Gasteiger charge is -2.36. The predicted molar refractivity (Wildman–Crippen MR) is 69.7 cm³/mol. The second-order valence-corrected chi connectivity index (χ2v) is 5.52. The number of hydrogen-bond acceptors (Lipinski definition) is 3. The van der Waals surface area contributed by atoms with Gasteiger partial charge in [0.05, 0.1) is 5.41 Å². The first-order chi connectivity index (χ1) is 7.64. The van der Waals surface area contributed by atoms with Gasteiger partial charge in [0.25, 0.3) is 0 Å². The maximum Gasteiger partial charge on any atom is 0.233 e. The second kappa shape index (κ2) is 4.45. The first-order valence-corrected chi connectivity index (χ1v) is 5.67. The van der Waals surface area contributed by atoms with Crippen molar-refractivity contribution in [3.63, 3.8) is 0 Å². The number of aromatic nitrogens is 1. The van der Waals surface area contributed by atoms with Gasteiger partial charge in [-0.25, -0.2) is 4.98 Å². The molecule has 1 aromatic heterocycles. The highest BCUT2D eigenvalue weighted by Crippen LogP contribution is 2.29. The fourth-order valence-electron chi connectivity index (χ4n) is 1.17. The summed E-state index contributed by atoms with van der Waals surface area (Å²) >= 11 is 0. The normalized spacial score (nSPS) is 12.4. The van der Waals surface area contributed by atoms with Gasteiger partial charge in [-0.15, -0.1) is 0 Å². The first kappa shape index (κ1) is 13.6. The molecule has 94 valence electrons. The summed E-state index contributed by atoms with van der Waals surface area (Å²) in [6.45, 7) is 9.30. The molecule has 0 saturated carbocycles. The zero-order valence-electron chi connectivity index (χ0n) is 11.2. The van der Waals surface area contributed by atoms with Crippen molar-refractivity contribution in [1.82, 2.24) is 4.98 Å². The molecule has 17 heavy (non-hydrogen) atoms. The lowest BCUT2D eigenvalue weighted by atomic mass is 9.74. The Morgan fingerprint density at radius 1 is 1.35 bits per heavy atom. The number of nitrogens with two attached hydrogens (primary N) is 1. The van der Waals surface area contributed by atoms with Crippen LogP contribution in [0.5, 0.6) is 0 Å². The molecule has 1 amide bonds. The SMILES string of the molecule is Cc1ccnc(NC(=O)C(C)(C)C(C)(C)N)c1. The quantitative estimate of drug-likeness (QED) is 0.843. The smallest absolute Gasteiger partial charge is 0.233 e. The largest absolute Gasteiger partial charge is 0.325 e. The molecule has 0 spiro atoms. The molecular formula is C13H21N3O. The highest BCUT2D eigenvalue weighted by Gasteiger charge is 2.40. The number of pyridine rings is 1. The van der Waals surface area contributed by atoms with Crippen LogP contribution in [-0.2, 0) is 4.79 Å². The van der Waals surface area contributed by atoms with Crippen molar-refractivity contribution in [1.29, 1.82) is 0 Å². The number of carbonyl (C=O) groups is 1. The Bertz CT molecular complexity index is 419. The van der Waals surface area contributed by atoms with Crippen LogP contribution in [0.15, 0.2) is 18.3 Å². The first-order valence-electron chi connectivity index (χ1n) is 5.67. The van der Waals surface area contributed by atoms with Crippen LogP contribution in [0.1, 0.15) is 33.3 Å². The number of nitrogens with one attached hydrogen (secondary N) is 1. The van der Waals surface area contributed by atoms with E-state index in [9.17, 15) is 4.79 Å². The summed E-state index contributed by atoms with van der Waals surface area (Å²) in [5.74, 6) is 0.440. The summed E-state index contributed by atoms with van der Waals surface area (Å²) in [4.78, 5) is 16.3. The molecule has 0 fully saturated rings. The number of carbonyl (C=O) groups excluding carboxylic acids is 1. The van der Waals surface area contributed by atoms with Crippen molar-refractivity contribution in [2.75, 3.05) is 5.32 Å². The van der Waals surface area contributed by atoms with E-state index in [2.05, 4.69) is 10.3 Å². The van der Waals surface area contributed by atoms with E-state index in [1.165, 1.54) is 0 Å². The van der Waals surface area contributed by atoms with Crippen LogP contribution in [0.2, 0.25) is 0 Å². The number of hydrogen-bond donors (Lipinski definition) is 2. The third-order valence-corrected chi connectivity index (χ3v) is 3.34. The van der Waals surface area contributed by atoms with Crippen LogP contribution in [0.4, 0.5) is 5.82 Å². The second-order valence-electron chi connectivity index (χ2n) is 5.52. The van der Waals surface area contributed by atoms with Gasteiger partial charge >= 0.3 is 0 Å². The zero-order chi connectivity index (χ0) is 13.3. The molecule has 4 nitrogen and oxygen atoms in total. The maximum absolute atomic E-state index is 12.2. The predicted octanol–water partition coefficient (Wildman–Crippen LogP) is 2.09. The summed E-state index contributed by atoms with van der Waals surface area (Å²) in [7, 11) is 0. The van der Waals surface area contributed by atoms with Gasteiger partial charge in [0.1, 0.15) is 5.82 Å². The number of aryl methyl sites for hydroxylation is 1. The third kappa shape index (κ3) is 3.03. The Balaban J connectivity index is 2.87. The summed E-state index contributed by atoms with van der Waals surface area (Å²) in [6, 6.07) is 3.71. The van der Waals surface area contributed by atoms with E-state index in [0.717, 1.165) is 5.56 Å². The molecule has 0 bridgehead atoms. The van der Waals surface area contributed by atoms with Crippen LogP contribution < -0.4 is 11.1 Å². The summed E-state index contributed by atoms with van der Waals surface area (Å²) in [6.07, 6.45) is 1.67. The molecule has 0 aliphatic carbocycles. The number of anilines is 1. The van der Waals surface area contributed by atoms with Crippen LogP contribution in [-0.4, -0.2) is 16.4 Å². The Morgan fingerprint density at radius 3 is 2.41 bits per heavy atom. The zero-order valence-corrected chi connectivity index (χ0v) is 11.2. The van der Waals surface area contributed by atoms with Gasteiger partial charge in [-0.05, 0) is 52.3 Å². The Kier molecular flexibility index (Phi) is 3.57. The van der Waals surface area contributed by atoms with Crippen LogP contribution >= 0.6 is 0 Å². The van der Waals surface area contributed by atoms with E-state index in [1.807, 2.05) is 46.8 Å². The van der Waals surface area contributed by atoms with E-state index in [0.29, 0.717) is 5.82 Å². The van der Waals surface area contributed by atoms with E-state index < -0.39 is 11.0 Å². The topological polar surface area (TPSA) is 68.0 Å². The molecule has 0 aliphatic rings. The molecule has 4 heteroatoms. The van der Waals surface area contributed by atoms with Crippen LogP contribution in [0.25, 0.3) is 0 Å². The van der Waals surface area contributed by atoms with Gasteiger partial charge in [-0.2, -0.15) is 0 Å². The van der Waals surface area contributed by atoms with Crippen molar-refractivity contribution in [2.24, 2.45) is 11.1 Å². The number of amides is 1. The van der Waals surface area contributed by atoms with Crippen molar-refractivity contribution in [2.45, 2.75) is 40.2 Å². The molecule has 0 aliphatic heterocycles. The Morgan fingerprint density at radius 2 is 1.94 bits per heavy atom. The summed E-state index contributed by atoms with van der Waals surface area (Å²) < 4.78 is 0. The lowest BCUT2D eigenvalue weighted by molar-refractivity contribution is -0.126. The van der Waals surface area contributed by atoms with Crippen molar-refractivity contribution in [3.05, 3.63) is 23.9 Å². The fourth-order valence-corrected chi connectivity index (χ4v) is 1.17. The van der Waals surface area contributed by atoms with Gasteiger partial charge < -0.3 is 11.1 Å². The third-order valence-electron chi connectivity index (χ3n) is 3.34. The molecule has 0 aromatic carbocycles. The van der Waals surface area contributed by atoms with Gasteiger partial charge in [0.15, 0.2) is 0 Å². The fraction of sp³-hybridized carbons (Fsp3) is 0.538. The molecule has 3 N–H and O–H groups in total. The lowest BCUT2D eigenvalue weighted by Crippen LogP contribution is -2.53. The molecule has 0 saturated heterocycles. The number of nitrogens with zero attached hydrogens (tertiary/aromatic N) is 1. The molecule has 0 radical (unpaired) electrons. The minimum Gasteiger partial charge on any atom is -0.325 e. The average molecular weight is 235 g/mol. The number of rotatable bonds is 3. The Labute approximate surface area is 103 Å². The molecule has 1 rings (SSSR count).